The summed E-state index contributed by atoms with van der Waals surface area (Å²) >= 11 is 1.28. The molecule has 0 aliphatic heterocycles. The Kier molecular flexibility index (Phi) is 5.40. The number of carbonyl (C=O) groups is 3. The zero-order valence-electron chi connectivity index (χ0n) is 13.6. The minimum atomic E-state index is -0.448. The van der Waals surface area contributed by atoms with Crippen molar-refractivity contribution in [3.8, 4) is 0 Å². The van der Waals surface area contributed by atoms with Crippen molar-refractivity contribution in [2.75, 3.05) is 5.32 Å². The van der Waals surface area contributed by atoms with E-state index in [2.05, 4.69) is 16.2 Å². The van der Waals surface area contributed by atoms with Crippen LogP contribution in [-0.4, -0.2) is 17.7 Å². The van der Waals surface area contributed by atoms with Gasteiger partial charge in [0.15, 0.2) is 0 Å². The molecule has 26 heavy (non-hydrogen) atoms. The number of hydrogen-bond donors (Lipinski definition) is 3. The number of benzene rings is 2. The van der Waals surface area contributed by atoms with Crippen molar-refractivity contribution in [3.05, 3.63) is 88.1 Å². The molecule has 3 rings (SSSR count). The lowest BCUT2D eigenvalue weighted by Gasteiger charge is -2.08. The quantitative estimate of drug-likeness (QED) is 0.621. The van der Waals surface area contributed by atoms with E-state index in [9.17, 15) is 14.4 Å². The summed E-state index contributed by atoms with van der Waals surface area (Å²) in [5.41, 5.74) is 6.18. The number of amides is 3. The van der Waals surface area contributed by atoms with Gasteiger partial charge in [0, 0.05) is 16.8 Å². The lowest BCUT2D eigenvalue weighted by molar-refractivity contribution is 0.0849. The number of hydrazine groups is 1. The van der Waals surface area contributed by atoms with E-state index in [1.54, 1.807) is 66.0 Å². The van der Waals surface area contributed by atoms with Gasteiger partial charge in [-0.3, -0.25) is 25.2 Å². The van der Waals surface area contributed by atoms with Gasteiger partial charge in [0.25, 0.3) is 17.7 Å². The molecule has 0 bridgehead atoms. The van der Waals surface area contributed by atoms with E-state index in [1.165, 1.54) is 11.3 Å². The standard InChI is InChI=1S/C19H15N3O3S/c23-17(13-5-2-1-3-6-13)20-15-10-8-14(9-11-15)18(24)21-22-19(25)16-7-4-12-26-16/h1-12H,(H,20,23)(H,21,24)(H,22,25). The Morgan fingerprint density at radius 3 is 1.96 bits per heavy atom. The SMILES string of the molecule is O=C(NNC(=O)c1cccs1)c1ccc(NC(=O)c2ccccc2)cc1. The molecule has 2 aromatic carbocycles. The first kappa shape index (κ1) is 17.4. The summed E-state index contributed by atoms with van der Waals surface area (Å²) in [6, 6.07) is 18.6. The molecule has 1 aromatic heterocycles. The average Bonchev–Trinajstić information content (AvgIpc) is 3.22. The van der Waals surface area contributed by atoms with Crippen molar-refractivity contribution < 1.29 is 14.4 Å². The molecule has 6 nitrogen and oxygen atoms in total. The molecule has 0 saturated heterocycles. The highest BCUT2D eigenvalue weighted by Gasteiger charge is 2.10. The first-order valence-corrected chi connectivity index (χ1v) is 8.62. The van der Waals surface area contributed by atoms with Gasteiger partial charge in [-0.1, -0.05) is 24.3 Å². The monoisotopic (exact) mass is 365 g/mol. The number of hydrogen-bond acceptors (Lipinski definition) is 4. The smallest absolute Gasteiger partial charge is 0.279 e. The van der Waals surface area contributed by atoms with Gasteiger partial charge in [-0.15, -0.1) is 11.3 Å². The van der Waals surface area contributed by atoms with Gasteiger partial charge in [-0.2, -0.15) is 0 Å². The van der Waals surface area contributed by atoms with Crippen LogP contribution in [0.5, 0.6) is 0 Å². The van der Waals surface area contributed by atoms with Gasteiger partial charge < -0.3 is 5.32 Å². The van der Waals surface area contributed by atoms with E-state index in [-0.39, 0.29) is 11.8 Å². The van der Waals surface area contributed by atoms with Crippen LogP contribution in [-0.2, 0) is 0 Å². The summed E-state index contributed by atoms with van der Waals surface area (Å²) in [5, 5.41) is 4.53. The molecular formula is C19H15N3O3S. The van der Waals surface area contributed by atoms with Crippen molar-refractivity contribution in [2.45, 2.75) is 0 Å². The van der Waals surface area contributed by atoms with Gasteiger partial charge in [-0.25, -0.2) is 0 Å². The van der Waals surface area contributed by atoms with Crippen molar-refractivity contribution in [2.24, 2.45) is 0 Å². The van der Waals surface area contributed by atoms with Gasteiger partial charge >= 0.3 is 0 Å². The normalized spacial score (nSPS) is 10.0. The van der Waals surface area contributed by atoms with Crippen molar-refractivity contribution in [1.82, 2.24) is 10.9 Å². The average molecular weight is 365 g/mol. The van der Waals surface area contributed by atoms with Crippen LogP contribution in [0, 0.1) is 0 Å². The Hall–Kier alpha value is -3.45. The topological polar surface area (TPSA) is 87.3 Å². The fourth-order valence-electron chi connectivity index (χ4n) is 2.15. The maximum Gasteiger partial charge on any atom is 0.279 e. The summed E-state index contributed by atoms with van der Waals surface area (Å²) in [6.45, 7) is 0. The molecule has 0 atom stereocenters. The highest BCUT2D eigenvalue weighted by molar-refractivity contribution is 7.12. The molecule has 130 valence electrons. The summed E-state index contributed by atoms with van der Waals surface area (Å²) in [5.74, 6) is -1.05. The molecule has 3 N–H and O–H groups in total. The maximum absolute atomic E-state index is 12.1. The molecule has 7 heteroatoms. The summed E-state index contributed by atoms with van der Waals surface area (Å²) in [7, 11) is 0. The molecule has 0 saturated carbocycles. The lowest BCUT2D eigenvalue weighted by atomic mass is 10.1. The lowest BCUT2D eigenvalue weighted by Crippen LogP contribution is -2.41. The second kappa shape index (κ2) is 8.09. The first-order chi connectivity index (χ1) is 12.6. The van der Waals surface area contributed by atoms with Crippen LogP contribution in [0.1, 0.15) is 30.4 Å². The Balaban J connectivity index is 1.56. The first-order valence-electron chi connectivity index (χ1n) is 7.74. The van der Waals surface area contributed by atoms with Crippen LogP contribution >= 0.6 is 11.3 Å². The van der Waals surface area contributed by atoms with Gasteiger partial charge in [0.2, 0.25) is 0 Å². The molecule has 0 aliphatic rings. The Morgan fingerprint density at radius 2 is 1.31 bits per heavy atom. The van der Waals surface area contributed by atoms with E-state index in [0.717, 1.165) is 0 Å². The number of carbonyl (C=O) groups excluding carboxylic acids is 3. The minimum Gasteiger partial charge on any atom is -0.322 e. The van der Waals surface area contributed by atoms with Crippen molar-refractivity contribution in [1.29, 1.82) is 0 Å². The summed E-state index contributed by atoms with van der Waals surface area (Å²) in [6.07, 6.45) is 0. The zero-order valence-corrected chi connectivity index (χ0v) is 14.4. The highest BCUT2D eigenvalue weighted by Crippen LogP contribution is 2.12. The minimum absolute atomic E-state index is 0.231. The number of anilines is 1. The number of thiophene rings is 1. The third-order valence-electron chi connectivity index (χ3n) is 3.48. The number of nitrogens with one attached hydrogen (secondary N) is 3. The predicted octanol–water partition coefficient (Wildman–Crippen LogP) is 3.08. The van der Waals surface area contributed by atoms with Crippen LogP contribution in [0.2, 0.25) is 0 Å². The Labute approximate surface area is 153 Å². The second-order valence-corrected chi connectivity index (χ2v) is 6.23. The van der Waals surface area contributed by atoms with E-state index in [4.69, 9.17) is 0 Å². The molecule has 0 fully saturated rings. The fraction of sp³-hybridized carbons (Fsp3) is 0. The van der Waals surface area contributed by atoms with Crippen LogP contribution in [0.3, 0.4) is 0 Å². The summed E-state index contributed by atoms with van der Waals surface area (Å²) < 4.78 is 0. The largest absolute Gasteiger partial charge is 0.322 e. The fourth-order valence-corrected chi connectivity index (χ4v) is 2.77. The van der Waals surface area contributed by atoms with Crippen molar-refractivity contribution in [3.63, 3.8) is 0 Å². The van der Waals surface area contributed by atoms with Crippen molar-refractivity contribution >= 4 is 34.7 Å². The van der Waals surface area contributed by atoms with E-state index in [1.807, 2.05) is 6.07 Å². The second-order valence-electron chi connectivity index (χ2n) is 5.28. The molecule has 0 radical (unpaired) electrons. The highest BCUT2D eigenvalue weighted by atomic mass is 32.1. The Morgan fingerprint density at radius 1 is 0.654 bits per heavy atom. The van der Waals surface area contributed by atoms with Crippen LogP contribution in [0.4, 0.5) is 5.69 Å². The molecule has 0 unspecified atom stereocenters. The molecule has 0 spiro atoms. The molecule has 3 amide bonds. The molecule has 0 aliphatic carbocycles. The van der Waals surface area contributed by atoms with Gasteiger partial charge in [0.05, 0.1) is 4.88 Å². The number of rotatable bonds is 4. The van der Waals surface area contributed by atoms with E-state index in [0.29, 0.717) is 21.7 Å². The van der Waals surface area contributed by atoms with Crippen LogP contribution in [0.15, 0.2) is 72.1 Å². The summed E-state index contributed by atoms with van der Waals surface area (Å²) in [4.78, 5) is 36.4. The van der Waals surface area contributed by atoms with E-state index < -0.39 is 5.91 Å². The zero-order chi connectivity index (χ0) is 18.4. The third-order valence-corrected chi connectivity index (χ3v) is 4.34. The Bertz CT molecular complexity index is 907. The van der Waals surface area contributed by atoms with Crippen LogP contribution in [0.25, 0.3) is 0 Å². The van der Waals surface area contributed by atoms with Gasteiger partial charge in [-0.05, 0) is 47.8 Å². The third kappa shape index (κ3) is 4.34. The van der Waals surface area contributed by atoms with Gasteiger partial charge in [0.1, 0.15) is 0 Å². The maximum atomic E-state index is 12.1. The molecule has 3 aromatic rings. The van der Waals surface area contributed by atoms with E-state index >= 15 is 0 Å². The predicted molar refractivity (Wildman–Crippen MR) is 100 cm³/mol. The van der Waals surface area contributed by atoms with Crippen LogP contribution < -0.4 is 16.2 Å². The molecule has 1 heterocycles. The molecular weight excluding hydrogens is 350 g/mol.